The summed E-state index contributed by atoms with van der Waals surface area (Å²) in [6.45, 7) is 4.17. The molecule has 0 spiro atoms. The fraction of sp³-hybridized carbons (Fsp3) is 0.500. The summed E-state index contributed by atoms with van der Waals surface area (Å²) in [4.78, 5) is 27.3. The number of nitrogens with one attached hydrogen (secondary N) is 2. The van der Waals surface area contributed by atoms with E-state index in [-0.39, 0.29) is 18.4 Å². The molecule has 1 fully saturated rings. The molecule has 1 aliphatic carbocycles. The average molecular weight is 485 g/mol. The van der Waals surface area contributed by atoms with E-state index < -0.39 is 10.0 Å². The maximum absolute atomic E-state index is 12.7. The van der Waals surface area contributed by atoms with Gasteiger partial charge in [0.05, 0.1) is 38.3 Å². The normalized spacial score (nSPS) is 17.5. The standard InChI is InChI=1S/C20H25N3O5S3/c1-2-28-20(25)18-14-5-3-6-15(14)30-19(18)21-16(24)13-22-8-10-23(11-9-22)31(26,27)17-7-4-12-29-17/h4,7,12H,2-3,5-6,8-11,13H2,1H3,(H,21,24)/p+1. The molecule has 3 heterocycles. The van der Waals surface area contributed by atoms with E-state index in [9.17, 15) is 18.0 Å². The maximum Gasteiger partial charge on any atom is 0.341 e. The van der Waals surface area contributed by atoms with Crippen molar-refractivity contribution in [2.24, 2.45) is 0 Å². The minimum Gasteiger partial charge on any atom is -0.462 e. The van der Waals surface area contributed by atoms with Gasteiger partial charge in [-0.3, -0.25) is 4.79 Å². The Kier molecular flexibility index (Phi) is 6.77. The number of quaternary nitrogens is 1. The molecule has 11 heteroatoms. The van der Waals surface area contributed by atoms with Gasteiger partial charge in [-0.2, -0.15) is 4.31 Å². The third kappa shape index (κ3) is 4.70. The van der Waals surface area contributed by atoms with E-state index in [4.69, 9.17) is 4.74 Å². The van der Waals surface area contributed by atoms with Gasteiger partial charge in [-0.05, 0) is 43.2 Å². The molecule has 1 aliphatic heterocycles. The van der Waals surface area contributed by atoms with Crippen LogP contribution in [0.15, 0.2) is 21.7 Å². The molecule has 8 nitrogen and oxygen atoms in total. The number of piperazine rings is 1. The number of anilines is 1. The number of sulfonamides is 1. The fourth-order valence-corrected chi connectivity index (χ4v) is 7.95. The van der Waals surface area contributed by atoms with Crippen molar-refractivity contribution < 1.29 is 27.6 Å². The molecule has 0 radical (unpaired) electrons. The van der Waals surface area contributed by atoms with Gasteiger partial charge in [-0.25, -0.2) is 13.2 Å². The summed E-state index contributed by atoms with van der Waals surface area (Å²) in [7, 11) is -3.45. The molecular weight excluding hydrogens is 458 g/mol. The predicted molar refractivity (Wildman–Crippen MR) is 120 cm³/mol. The van der Waals surface area contributed by atoms with Crippen LogP contribution in [0.2, 0.25) is 0 Å². The van der Waals surface area contributed by atoms with Crippen molar-refractivity contribution in [2.45, 2.75) is 30.4 Å². The van der Waals surface area contributed by atoms with Gasteiger partial charge < -0.3 is 15.0 Å². The Hall–Kier alpha value is -1.79. The number of thiophene rings is 2. The fourth-order valence-electron chi connectivity index (χ4n) is 4.07. The van der Waals surface area contributed by atoms with Crippen LogP contribution >= 0.6 is 22.7 Å². The lowest BCUT2D eigenvalue weighted by Crippen LogP contribution is -3.15. The highest BCUT2D eigenvalue weighted by Gasteiger charge is 2.33. The summed E-state index contributed by atoms with van der Waals surface area (Å²) in [6, 6.07) is 3.35. The van der Waals surface area contributed by atoms with Crippen LogP contribution in [0.5, 0.6) is 0 Å². The Labute approximate surface area is 189 Å². The Balaban J connectivity index is 1.36. The molecule has 1 amide bonds. The Bertz CT molecular complexity index is 1050. The third-order valence-electron chi connectivity index (χ3n) is 5.58. The Morgan fingerprint density at radius 2 is 2.03 bits per heavy atom. The molecule has 2 aromatic rings. The highest BCUT2D eigenvalue weighted by molar-refractivity contribution is 7.91. The Morgan fingerprint density at radius 1 is 1.26 bits per heavy atom. The summed E-state index contributed by atoms with van der Waals surface area (Å²) in [5.74, 6) is -0.549. The highest BCUT2D eigenvalue weighted by Crippen LogP contribution is 2.39. The van der Waals surface area contributed by atoms with Gasteiger partial charge in [0.1, 0.15) is 9.21 Å². The first-order chi connectivity index (χ1) is 14.9. The second-order valence-electron chi connectivity index (χ2n) is 7.59. The van der Waals surface area contributed by atoms with E-state index in [2.05, 4.69) is 5.32 Å². The molecule has 0 bridgehead atoms. The van der Waals surface area contributed by atoms with Crippen molar-refractivity contribution >= 4 is 49.6 Å². The molecule has 1 saturated heterocycles. The average Bonchev–Trinajstić information content (AvgIpc) is 3.46. The van der Waals surface area contributed by atoms with Crippen LogP contribution in [-0.2, 0) is 32.4 Å². The largest absolute Gasteiger partial charge is 0.462 e. The molecule has 2 aliphatic rings. The molecule has 0 saturated carbocycles. The van der Waals surface area contributed by atoms with Crippen LogP contribution in [0, 0.1) is 0 Å². The van der Waals surface area contributed by atoms with Gasteiger partial charge in [-0.15, -0.1) is 22.7 Å². The van der Waals surface area contributed by atoms with Gasteiger partial charge in [-0.1, -0.05) is 6.07 Å². The number of carbonyl (C=O) groups is 2. The summed E-state index contributed by atoms with van der Waals surface area (Å²) >= 11 is 2.68. The monoisotopic (exact) mass is 484 g/mol. The van der Waals surface area contributed by atoms with Gasteiger partial charge >= 0.3 is 5.97 Å². The van der Waals surface area contributed by atoms with Crippen LogP contribution < -0.4 is 10.2 Å². The number of esters is 1. The smallest absolute Gasteiger partial charge is 0.341 e. The van der Waals surface area contributed by atoms with E-state index in [1.54, 1.807) is 24.4 Å². The van der Waals surface area contributed by atoms with Crippen LogP contribution in [-0.4, -0.2) is 63.9 Å². The summed E-state index contributed by atoms with van der Waals surface area (Å²) in [5.41, 5.74) is 1.52. The summed E-state index contributed by atoms with van der Waals surface area (Å²) in [5, 5.41) is 5.25. The first-order valence-corrected chi connectivity index (χ1v) is 13.5. The van der Waals surface area contributed by atoms with E-state index >= 15 is 0 Å². The van der Waals surface area contributed by atoms with E-state index in [0.717, 1.165) is 34.6 Å². The molecule has 2 N–H and O–H groups in total. The van der Waals surface area contributed by atoms with E-state index in [0.29, 0.717) is 47.6 Å². The number of carbonyl (C=O) groups excluding carboxylic acids is 2. The third-order valence-corrected chi connectivity index (χ3v) is 10.1. The maximum atomic E-state index is 12.7. The quantitative estimate of drug-likeness (QED) is 0.572. The first-order valence-electron chi connectivity index (χ1n) is 10.4. The minimum atomic E-state index is -3.45. The number of fused-ring (bicyclic) bond motifs is 1. The number of rotatable bonds is 7. The zero-order valence-corrected chi connectivity index (χ0v) is 19.8. The van der Waals surface area contributed by atoms with Crippen molar-refractivity contribution in [3.05, 3.63) is 33.5 Å². The van der Waals surface area contributed by atoms with Gasteiger partial charge in [0.25, 0.3) is 15.9 Å². The number of aryl methyl sites for hydroxylation is 1. The van der Waals surface area contributed by atoms with Crippen molar-refractivity contribution in [3.63, 3.8) is 0 Å². The lowest BCUT2D eigenvalue weighted by molar-refractivity contribution is -0.895. The van der Waals surface area contributed by atoms with Gasteiger partial charge in [0.15, 0.2) is 6.54 Å². The number of ether oxygens (including phenoxy) is 1. The summed E-state index contributed by atoms with van der Waals surface area (Å²) < 4.78 is 32.3. The molecule has 0 unspecified atom stereocenters. The predicted octanol–water partition coefficient (Wildman–Crippen LogP) is 1.00. The number of hydrogen-bond donors (Lipinski definition) is 2. The minimum absolute atomic E-state index is 0.171. The van der Waals surface area contributed by atoms with Crippen LogP contribution in [0.4, 0.5) is 5.00 Å². The van der Waals surface area contributed by atoms with E-state index in [1.165, 1.54) is 27.0 Å². The number of amides is 1. The summed E-state index contributed by atoms with van der Waals surface area (Å²) in [6.07, 6.45) is 2.78. The van der Waals surface area contributed by atoms with Crippen molar-refractivity contribution in [1.82, 2.24) is 4.31 Å². The highest BCUT2D eigenvalue weighted by atomic mass is 32.2. The SMILES string of the molecule is CCOC(=O)c1c(NC(=O)C[NH+]2CCN(S(=O)(=O)c3cccs3)CC2)sc2c1CCC2. The van der Waals surface area contributed by atoms with Gasteiger partial charge in [0, 0.05) is 4.88 Å². The van der Waals surface area contributed by atoms with E-state index in [1.807, 2.05) is 0 Å². The second kappa shape index (κ2) is 9.37. The number of nitrogens with zero attached hydrogens (tertiary/aromatic N) is 1. The van der Waals surface area contributed by atoms with Gasteiger partial charge in [0.2, 0.25) is 0 Å². The van der Waals surface area contributed by atoms with Crippen LogP contribution in [0.3, 0.4) is 0 Å². The number of hydrogen-bond acceptors (Lipinski definition) is 7. The zero-order chi connectivity index (χ0) is 22.0. The van der Waals surface area contributed by atoms with Crippen molar-refractivity contribution in [1.29, 1.82) is 0 Å². The second-order valence-corrected chi connectivity index (χ2v) is 11.8. The lowest BCUT2D eigenvalue weighted by atomic mass is 10.1. The molecule has 168 valence electrons. The van der Waals surface area contributed by atoms with Crippen molar-refractivity contribution in [3.8, 4) is 0 Å². The molecule has 0 atom stereocenters. The zero-order valence-electron chi connectivity index (χ0n) is 17.3. The first kappa shape index (κ1) is 22.4. The topological polar surface area (TPSA) is 97.2 Å². The molecule has 2 aromatic heterocycles. The molecule has 31 heavy (non-hydrogen) atoms. The van der Waals surface area contributed by atoms with Crippen molar-refractivity contribution in [2.75, 3.05) is 44.6 Å². The lowest BCUT2D eigenvalue weighted by Gasteiger charge is -2.30. The Morgan fingerprint density at radius 3 is 2.71 bits per heavy atom. The molecule has 4 rings (SSSR count). The molecular formula is C20H26N3O5S3+. The van der Waals surface area contributed by atoms with Crippen LogP contribution in [0.1, 0.15) is 34.1 Å². The molecule has 0 aromatic carbocycles. The van der Waals surface area contributed by atoms with Crippen LogP contribution in [0.25, 0.3) is 0 Å².